The third-order valence-electron chi connectivity index (χ3n) is 4.76. The molecule has 0 N–H and O–H groups in total. The Kier molecular flexibility index (Phi) is 10.4. The van der Waals surface area contributed by atoms with Gasteiger partial charge in [-0.1, -0.05) is 48.2 Å². The Balaban J connectivity index is 0.00000363. The van der Waals surface area contributed by atoms with Gasteiger partial charge in [0.1, 0.15) is 17.6 Å². The standard InChI is InChI=1S/C25H25N3O2S.HI/c1-29-22-12-8-19(9-13-22)17-28(18-20-10-14-23(30-2)15-11-20)25(31-3)27-24-7-5-4-6-21(24)16-26;/h4-15H,17-18H2,1-3H3;1H. The molecule has 32 heavy (non-hydrogen) atoms. The van der Waals surface area contributed by atoms with E-state index in [1.165, 1.54) is 0 Å². The molecule has 5 nitrogen and oxygen atoms in total. The van der Waals surface area contributed by atoms with Gasteiger partial charge < -0.3 is 14.4 Å². The number of thioether (sulfide) groups is 1. The minimum Gasteiger partial charge on any atom is -0.497 e. The number of benzene rings is 3. The fourth-order valence-corrected chi connectivity index (χ4v) is 3.68. The third kappa shape index (κ3) is 6.90. The molecule has 0 radical (unpaired) electrons. The number of nitrogens with zero attached hydrogens (tertiary/aromatic N) is 3. The van der Waals surface area contributed by atoms with Crippen molar-refractivity contribution in [3.05, 3.63) is 89.5 Å². The van der Waals surface area contributed by atoms with Crippen LogP contribution >= 0.6 is 35.7 Å². The summed E-state index contributed by atoms with van der Waals surface area (Å²) in [4.78, 5) is 7.05. The van der Waals surface area contributed by atoms with Gasteiger partial charge in [-0.2, -0.15) is 5.26 Å². The zero-order valence-electron chi connectivity index (χ0n) is 18.3. The fraction of sp³-hybridized carbons (Fsp3) is 0.200. The summed E-state index contributed by atoms with van der Waals surface area (Å²) < 4.78 is 10.6. The summed E-state index contributed by atoms with van der Waals surface area (Å²) in [5.74, 6) is 1.65. The molecule has 3 aromatic rings. The van der Waals surface area contributed by atoms with E-state index in [0.717, 1.165) is 27.8 Å². The summed E-state index contributed by atoms with van der Waals surface area (Å²) in [6.07, 6.45) is 2.00. The molecular formula is C25H26IN3O2S. The summed E-state index contributed by atoms with van der Waals surface area (Å²) >= 11 is 1.56. The van der Waals surface area contributed by atoms with E-state index in [4.69, 9.17) is 14.5 Å². The van der Waals surface area contributed by atoms with Crippen LogP contribution in [0.5, 0.6) is 11.5 Å². The lowest BCUT2D eigenvalue weighted by Crippen LogP contribution is -2.27. The number of ether oxygens (including phenoxy) is 2. The number of para-hydroxylation sites is 1. The number of halogens is 1. The number of hydrogen-bond acceptors (Lipinski definition) is 5. The molecule has 0 saturated heterocycles. The first-order chi connectivity index (χ1) is 15.2. The second kappa shape index (κ2) is 13.0. The molecule has 0 amide bonds. The Morgan fingerprint density at radius 3 is 1.81 bits per heavy atom. The zero-order valence-corrected chi connectivity index (χ0v) is 21.5. The van der Waals surface area contributed by atoms with Gasteiger partial charge in [0.05, 0.1) is 25.5 Å². The van der Waals surface area contributed by atoms with Gasteiger partial charge in [-0.15, -0.1) is 24.0 Å². The molecule has 0 unspecified atom stereocenters. The molecule has 0 aliphatic carbocycles. The second-order valence-electron chi connectivity index (χ2n) is 6.78. The van der Waals surface area contributed by atoms with E-state index in [-0.39, 0.29) is 24.0 Å². The van der Waals surface area contributed by atoms with Crippen molar-refractivity contribution >= 4 is 46.6 Å². The topological polar surface area (TPSA) is 57.9 Å². The predicted octanol–water partition coefficient (Wildman–Crippen LogP) is 6.25. The lowest BCUT2D eigenvalue weighted by atomic mass is 10.1. The van der Waals surface area contributed by atoms with Gasteiger partial charge in [0.2, 0.25) is 0 Å². The van der Waals surface area contributed by atoms with Crippen molar-refractivity contribution in [2.75, 3.05) is 20.5 Å². The maximum absolute atomic E-state index is 9.45. The van der Waals surface area contributed by atoms with Gasteiger partial charge in [-0.05, 0) is 53.8 Å². The van der Waals surface area contributed by atoms with Crippen LogP contribution in [0.2, 0.25) is 0 Å². The summed E-state index contributed by atoms with van der Waals surface area (Å²) in [6.45, 7) is 1.34. The summed E-state index contributed by atoms with van der Waals surface area (Å²) in [5, 5.41) is 10.3. The maximum Gasteiger partial charge on any atom is 0.164 e. The van der Waals surface area contributed by atoms with Crippen molar-refractivity contribution < 1.29 is 9.47 Å². The van der Waals surface area contributed by atoms with Crippen LogP contribution in [0, 0.1) is 11.3 Å². The molecule has 7 heteroatoms. The van der Waals surface area contributed by atoms with Gasteiger partial charge in [-0.3, -0.25) is 0 Å². The lowest BCUT2D eigenvalue weighted by Gasteiger charge is -2.26. The van der Waals surface area contributed by atoms with E-state index in [0.29, 0.717) is 24.3 Å². The molecule has 3 aromatic carbocycles. The Morgan fingerprint density at radius 2 is 1.38 bits per heavy atom. The van der Waals surface area contributed by atoms with Crippen molar-refractivity contribution in [2.45, 2.75) is 13.1 Å². The molecule has 0 heterocycles. The average molecular weight is 559 g/mol. The molecule has 0 aliphatic rings. The largest absolute Gasteiger partial charge is 0.497 e. The number of nitriles is 1. The number of aliphatic imine (C=N–C) groups is 1. The Bertz CT molecular complexity index is 1010. The molecule has 0 aromatic heterocycles. The van der Waals surface area contributed by atoms with E-state index in [1.54, 1.807) is 32.0 Å². The Labute approximate surface area is 211 Å². The summed E-state index contributed by atoms with van der Waals surface area (Å²) in [5.41, 5.74) is 3.51. The minimum atomic E-state index is 0. The Morgan fingerprint density at radius 1 is 0.875 bits per heavy atom. The molecule has 3 rings (SSSR count). The van der Waals surface area contributed by atoms with Gasteiger partial charge in [-0.25, -0.2) is 4.99 Å². The van der Waals surface area contributed by atoms with E-state index in [9.17, 15) is 5.26 Å². The highest BCUT2D eigenvalue weighted by molar-refractivity contribution is 14.0. The second-order valence-corrected chi connectivity index (χ2v) is 7.55. The van der Waals surface area contributed by atoms with Crippen LogP contribution in [0.15, 0.2) is 77.8 Å². The van der Waals surface area contributed by atoms with Crippen molar-refractivity contribution in [3.8, 4) is 17.6 Å². The smallest absolute Gasteiger partial charge is 0.164 e. The van der Waals surface area contributed by atoms with Gasteiger partial charge >= 0.3 is 0 Å². The normalized spacial score (nSPS) is 10.6. The van der Waals surface area contributed by atoms with Crippen LogP contribution < -0.4 is 9.47 Å². The van der Waals surface area contributed by atoms with E-state index in [2.05, 4.69) is 35.2 Å². The van der Waals surface area contributed by atoms with Gasteiger partial charge in [0.25, 0.3) is 0 Å². The minimum absolute atomic E-state index is 0. The molecule has 0 fully saturated rings. The molecule has 0 aliphatic heterocycles. The van der Waals surface area contributed by atoms with E-state index in [1.807, 2.05) is 48.7 Å². The first-order valence-corrected chi connectivity index (χ1v) is 11.0. The molecular weight excluding hydrogens is 533 g/mol. The van der Waals surface area contributed by atoms with Crippen LogP contribution in [0.3, 0.4) is 0 Å². The molecule has 0 atom stereocenters. The third-order valence-corrected chi connectivity index (χ3v) is 5.47. The van der Waals surface area contributed by atoms with Crippen LogP contribution in [-0.4, -0.2) is 30.5 Å². The van der Waals surface area contributed by atoms with Gasteiger partial charge in [0, 0.05) is 13.1 Å². The first kappa shape index (κ1) is 25.6. The van der Waals surface area contributed by atoms with E-state index < -0.39 is 0 Å². The van der Waals surface area contributed by atoms with Crippen molar-refractivity contribution in [1.29, 1.82) is 5.26 Å². The predicted molar refractivity (Wildman–Crippen MR) is 142 cm³/mol. The zero-order chi connectivity index (χ0) is 22.1. The summed E-state index contributed by atoms with van der Waals surface area (Å²) in [6, 6.07) is 25.7. The highest BCUT2D eigenvalue weighted by Gasteiger charge is 2.14. The Hall–Kier alpha value is -2.70. The average Bonchev–Trinajstić information content (AvgIpc) is 2.83. The van der Waals surface area contributed by atoms with Crippen LogP contribution in [0.1, 0.15) is 16.7 Å². The summed E-state index contributed by atoms with van der Waals surface area (Å²) in [7, 11) is 3.33. The SMILES string of the molecule is COc1ccc(CN(Cc2ccc(OC)cc2)C(=Nc2ccccc2C#N)SC)cc1.I. The lowest BCUT2D eigenvalue weighted by molar-refractivity contribution is 0.405. The number of amidine groups is 1. The highest BCUT2D eigenvalue weighted by atomic mass is 127. The first-order valence-electron chi connectivity index (χ1n) is 9.79. The number of hydrogen-bond donors (Lipinski definition) is 0. The van der Waals surface area contributed by atoms with Crippen LogP contribution in [0.25, 0.3) is 0 Å². The maximum atomic E-state index is 9.45. The molecule has 0 spiro atoms. The van der Waals surface area contributed by atoms with Crippen LogP contribution in [-0.2, 0) is 13.1 Å². The van der Waals surface area contributed by atoms with Crippen molar-refractivity contribution in [2.24, 2.45) is 4.99 Å². The number of methoxy groups -OCH3 is 2. The molecule has 0 bridgehead atoms. The van der Waals surface area contributed by atoms with Crippen molar-refractivity contribution in [1.82, 2.24) is 4.90 Å². The van der Waals surface area contributed by atoms with Crippen molar-refractivity contribution in [3.63, 3.8) is 0 Å². The highest BCUT2D eigenvalue weighted by Crippen LogP contribution is 2.24. The fourth-order valence-electron chi connectivity index (χ4n) is 3.11. The molecule has 166 valence electrons. The van der Waals surface area contributed by atoms with Gasteiger partial charge in [0.15, 0.2) is 5.17 Å². The monoisotopic (exact) mass is 559 g/mol. The molecule has 0 saturated carbocycles. The van der Waals surface area contributed by atoms with Crippen LogP contribution in [0.4, 0.5) is 5.69 Å². The number of rotatable bonds is 7. The quantitative estimate of drug-likeness (QED) is 0.195. The van der Waals surface area contributed by atoms with E-state index >= 15 is 0 Å².